The monoisotopic (exact) mass is 381 g/mol. The van der Waals surface area contributed by atoms with Crippen molar-refractivity contribution >= 4 is 27.8 Å². The Morgan fingerprint density at radius 1 is 1.30 bits per heavy atom. The van der Waals surface area contributed by atoms with Gasteiger partial charge in [-0.15, -0.1) is 0 Å². The predicted octanol–water partition coefficient (Wildman–Crippen LogP) is 4.29. The van der Waals surface area contributed by atoms with Crippen LogP contribution < -0.4 is 0 Å². The molecular weight excluding hydrogens is 358 g/mol. The number of fused-ring (bicyclic) bond motifs is 2. The van der Waals surface area contributed by atoms with Gasteiger partial charge in [0.25, 0.3) is 0 Å². The van der Waals surface area contributed by atoms with Gasteiger partial charge in [0.05, 0.1) is 18.3 Å². The van der Waals surface area contributed by atoms with Gasteiger partial charge < -0.3 is 14.4 Å². The van der Waals surface area contributed by atoms with Crippen molar-refractivity contribution in [2.45, 2.75) is 38.4 Å². The van der Waals surface area contributed by atoms with Gasteiger partial charge in [-0.2, -0.15) is 0 Å². The zero-order valence-corrected chi connectivity index (χ0v) is 16.4. The van der Waals surface area contributed by atoms with E-state index in [0.717, 1.165) is 41.0 Å². The summed E-state index contributed by atoms with van der Waals surface area (Å²) < 4.78 is 5.40. The van der Waals surface area contributed by atoms with Crippen LogP contribution in [0.3, 0.4) is 0 Å². The topological polar surface area (TPSA) is 61.9 Å². The lowest BCUT2D eigenvalue weighted by Crippen LogP contribution is -2.33. The van der Waals surface area contributed by atoms with Crippen molar-refractivity contribution in [3.8, 4) is 0 Å². The summed E-state index contributed by atoms with van der Waals surface area (Å²) >= 11 is 1.61. The SMILES string of the molecule is Cc1cc(C)c2nc3c(cc2c1)CN(CCCO)C(=NCc1ccco1)S3. The van der Waals surface area contributed by atoms with Crippen LogP contribution in [0, 0.1) is 13.8 Å². The molecule has 1 aromatic carbocycles. The van der Waals surface area contributed by atoms with E-state index in [1.165, 1.54) is 22.1 Å². The Balaban J connectivity index is 1.70. The van der Waals surface area contributed by atoms with E-state index in [-0.39, 0.29) is 6.61 Å². The highest BCUT2D eigenvalue weighted by Gasteiger charge is 2.24. The van der Waals surface area contributed by atoms with Crippen LogP contribution in [0.2, 0.25) is 0 Å². The number of benzene rings is 1. The van der Waals surface area contributed by atoms with Crippen LogP contribution >= 0.6 is 11.8 Å². The van der Waals surface area contributed by atoms with E-state index in [2.05, 4.69) is 36.9 Å². The van der Waals surface area contributed by atoms with Crippen molar-refractivity contribution in [2.75, 3.05) is 13.2 Å². The highest BCUT2D eigenvalue weighted by Crippen LogP contribution is 2.34. The average Bonchev–Trinajstić information content (AvgIpc) is 3.16. The third-order valence-electron chi connectivity index (χ3n) is 4.65. The number of aryl methyl sites for hydroxylation is 2. The van der Waals surface area contributed by atoms with Gasteiger partial charge in [0.1, 0.15) is 10.8 Å². The molecule has 1 aliphatic rings. The standard InChI is InChI=1S/C21H23N3O2S/c1-14-9-15(2)19-16(10-14)11-17-13-24(6-4-7-25)21(27-20(17)23-19)22-12-18-5-3-8-26-18/h3,5,8-11,25H,4,6-7,12-13H2,1-2H3. The molecule has 2 aromatic heterocycles. The first kappa shape index (κ1) is 18.1. The maximum absolute atomic E-state index is 9.26. The van der Waals surface area contributed by atoms with Crippen LogP contribution in [0.4, 0.5) is 0 Å². The zero-order valence-electron chi connectivity index (χ0n) is 15.6. The highest BCUT2D eigenvalue weighted by atomic mass is 32.2. The number of furan rings is 1. The van der Waals surface area contributed by atoms with Crippen LogP contribution in [0.25, 0.3) is 10.9 Å². The van der Waals surface area contributed by atoms with Crippen molar-refractivity contribution in [2.24, 2.45) is 4.99 Å². The van der Waals surface area contributed by atoms with Gasteiger partial charge in [0.15, 0.2) is 5.17 Å². The average molecular weight is 382 g/mol. The molecule has 0 saturated carbocycles. The van der Waals surface area contributed by atoms with E-state index in [4.69, 9.17) is 14.4 Å². The van der Waals surface area contributed by atoms with E-state index in [0.29, 0.717) is 6.54 Å². The Labute approximate surface area is 163 Å². The molecule has 0 aliphatic carbocycles. The normalized spacial score (nSPS) is 15.5. The molecule has 140 valence electrons. The number of aliphatic hydroxyl groups is 1. The van der Waals surface area contributed by atoms with Crippen molar-refractivity contribution in [3.05, 3.63) is 59.0 Å². The fourth-order valence-corrected chi connectivity index (χ4v) is 4.40. The van der Waals surface area contributed by atoms with E-state index < -0.39 is 0 Å². The Morgan fingerprint density at radius 2 is 2.19 bits per heavy atom. The molecule has 0 bridgehead atoms. The minimum atomic E-state index is 0.174. The third-order valence-corrected chi connectivity index (χ3v) is 5.76. The molecular formula is C21H23N3O2S. The molecule has 0 unspecified atom stereocenters. The summed E-state index contributed by atoms with van der Waals surface area (Å²) in [6.07, 6.45) is 2.38. The molecule has 1 aliphatic heterocycles. The van der Waals surface area contributed by atoms with Crippen LogP contribution in [0.1, 0.15) is 28.9 Å². The lowest BCUT2D eigenvalue weighted by molar-refractivity contribution is 0.265. The van der Waals surface area contributed by atoms with Crippen molar-refractivity contribution in [3.63, 3.8) is 0 Å². The molecule has 0 atom stereocenters. The Morgan fingerprint density at radius 3 is 2.96 bits per heavy atom. The molecule has 4 rings (SSSR count). The number of rotatable bonds is 5. The van der Waals surface area contributed by atoms with Gasteiger partial charge in [0.2, 0.25) is 0 Å². The molecule has 3 aromatic rings. The largest absolute Gasteiger partial charge is 0.467 e. The number of aliphatic imine (C=N–C) groups is 1. The van der Waals surface area contributed by atoms with E-state index in [1.807, 2.05) is 12.1 Å². The number of hydrogen-bond acceptors (Lipinski definition) is 5. The molecule has 0 amide bonds. The Kier molecular flexibility index (Phi) is 5.18. The summed E-state index contributed by atoms with van der Waals surface area (Å²) in [6, 6.07) is 10.4. The van der Waals surface area contributed by atoms with Gasteiger partial charge in [-0.1, -0.05) is 11.6 Å². The lowest BCUT2D eigenvalue weighted by Gasteiger charge is -2.31. The van der Waals surface area contributed by atoms with Crippen LogP contribution in [-0.4, -0.2) is 33.3 Å². The summed E-state index contributed by atoms with van der Waals surface area (Å²) in [5.41, 5.74) is 4.72. The molecule has 0 fully saturated rings. The molecule has 5 nitrogen and oxygen atoms in total. The van der Waals surface area contributed by atoms with Gasteiger partial charge in [-0.05, 0) is 61.9 Å². The molecule has 3 heterocycles. The first-order valence-electron chi connectivity index (χ1n) is 9.15. The summed E-state index contributed by atoms with van der Waals surface area (Å²) in [5, 5.41) is 12.4. The first-order chi connectivity index (χ1) is 13.1. The van der Waals surface area contributed by atoms with Crippen molar-refractivity contribution < 1.29 is 9.52 Å². The number of amidine groups is 1. The van der Waals surface area contributed by atoms with E-state index in [9.17, 15) is 5.11 Å². The maximum Gasteiger partial charge on any atom is 0.166 e. The number of aromatic nitrogens is 1. The molecule has 6 heteroatoms. The second kappa shape index (κ2) is 7.74. The quantitative estimate of drug-likeness (QED) is 0.714. The predicted molar refractivity (Wildman–Crippen MR) is 109 cm³/mol. The molecule has 27 heavy (non-hydrogen) atoms. The maximum atomic E-state index is 9.26. The minimum absolute atomic E-state index is 0.174. The van der Waals surface area contributed by atoms with Crippen LogP contribution in [-0.2, 0) is 13.1 Å². The smallest absolute Gasteiger partial charge is 0.166 e. The molecule has 0 spiro atoms. The fraction of sp³-hybridized carbons (Fsp3) is 0.333. The number of pyridine rings is 1. The lowest BCUT2D eigenvalue weighted by atomic mass is 10.1. The van der Waals surface area contributed by atoms with Gasteiger partial charge in [-0.3, -0.25) is 4.99 Å². The highest BCUT2D eigenvalue weighted by molar-refractivity contribution is 8.13. The number of thioether (sulfide) groups is 1. The second-order valence-corrected chi connectivity index (χ2v) is 7.84. The Bertz CT molecular complexity index is 983. The number of aliphatic hydroxyl groups excluding tert-OH is 1. The van der Waals surface area contributed by atoms with E-state index >= 15 is 0 Å². The zero-order chi connectivity index (χ0) is 18.8. The van der Waals surface area contributed by atoms with Gasteiger partial charge in [-0.25, -0.2) is 4.98 Å². The van der Waals surface area contributed by atoms with Crippen LogP contribution in [0.15, 0.2) is 51.0 Å². The summed E-state index contributed by atoms with van der Waals surface area (Å²) in [7, 11) is 0. The van der Waals surface area contributed by atoms with E-state index in [1.54, 1.807) is 18.0 Å². The number of nitrogens with zero attached hydrogens (tertiary/aromatic N) is 3. The summed E-state index contributed by atoms with van der Waals surface area (Å²) in [6.45, 7) is 6.44. The summed E-state index contributed by atoms with van der Waals surface area (Å²) in [4.78, 5) is 11.9. The fourth-order valence-electron chi connectivity index (χ4n) is 3.42. The molecule has 0 saturated heterocycles. The van der Waals surface area contributed by atoms with Crippen molar-refractivity contribution in [1.29, 1.82) is 0 Å². The number of hydrogen-bond donors (Lipinski definition) is 1. The first-order valence-corrected chi connectivity index (χ1v) is 9.97. The molecule has 1 N–H and O–H groups in total. The second-order valence-electron chi connectivity index (χ2n) is 6.89. The Hall–Kier alpha value is -2.31. The summed E-state index contributed by atoms with van der Waals surface area (Å²) in [5.74, 6) is 0.841. The molecule has 0 radical (unpaired) electrons. The van der Waals surface area contributed by atoms with Crippen molar-refractivity contribution in [1.82, 2.24) is 9.88 Å². The van der Waals surface area contributed by atoms with Gasteiger partial charge >= 0.3 is 0 Å². The third kappa shape index (κ3) is 3.87. The van der Waals surface area contributed by atoms with Gasteiger partial charge in [0, 0.05) is 30.6 Å². The van der Waals surface area contributed by atoms with Crippen LogP contribution in [0.5, 0.6) is 0 Å². The minimum Gasteiger partial charge on any atom is -0.467 e.